The van der Waals surface area contributed by atoms with Gasteiger partial charge in [-0.2, -0.15) is 0 Å². The van der Waals surface area contributed by atoms with E-state index in [0.717, 1.165) is 4.47 Å². The Morgan fingerprint density at radius 1 is 1.26 bits per heavy atom. The topological polar surface area (TPSA) is 88.9 Å². The minimum Gasteiger partial charge on any atom is -0.333 e. The molecule has 116 valence electrons. The van der Waals surface area contributed by atoms with E-state index < -0.39 is 4.92 Å². The Hall–Kier alpha value is -2.19. The van der Waals surface area contributed by atoms with Gasteiger partial charge in [0.2, 0.25) is 0 Å². The van der Waals surface area contributed by atoms with Crippen LogP contribution in [0.25, 0.3) is 11.0 Å². The highest BCUT2D eigenvalue weighted by Crippen LogP contribution is 2.24. The number of nitro groups is 1. The Kier molecular flexibility index (Phi) is 4.44. The second-order valence-corrected chi connectivity index (χ2v) is 6.60. The molecular formula is C15H10BrN3O3S. The van der Waals surface area contributed by atoms with E-state index in [1.54, 1.807) is 18.2 Å². The fourth-order valence-corrected chi connectivity index (χ4v) is 3.05. The number of aromatic amines is 1. The average molecular weight is 392 g/mol. The normalized spacial score (nSPS) is 10.8. The molecule has 3 aromatic rings. The first-order valence-electron chi connectivity index (χ1n) is 6.58. The second-order valence-electron chi connectivity index (χ2n) is 4.72. The molecule has 0 saturated carbocycles. The van der Waals surface area contributed by atoms with Crippen molar-refractivity contribution in [2.24, 2.45) is 0 Å². The zero-order valence-electron chi connectivity index (χ0n) is 11.7. The van der Waals surface area contributed by atoms with Crippen molar-refractivity contribution < 1.29 is 9.72 Å². The summed E-state index contributed by atoms with van der Waals surface area (Å²) in [4.78, 5) is 29.7. The van der Waals surface area contributed by atoms with Gasteiger partial charge in [0.15, 0.2) is 10.9 Å². The maximum Gasteiger partial charge on any atom is 0.271 e. The van der Waals surface area contributed by atoms with Gasteiger partial charge in [0.1, 0.15) is 0 Å². The molecule has 0 spiro atoms. The number of Topliss-reactive ketones (excluding diaryl/α,β-unsaturated/α-hetero) is 1. The summed E-state index contributed by atoms with van der Waals surface area (Å²) >= 11 is 4.60. The zero-order valence-corrected chi connectivity index (χ0v) is 14.1. The van der Waals surface area contributed by atoms with Crippen molar-refractivity contribution in [2.75, 3.05) is 5.75 Å². The standard InChI is InChI=1S/C15H10BrN3O3S/c16-10-3-1-9(2-4-10)14(20)8-23-15-17-12-6-5-11(19(21)22)7-13(12)18-15/h1-7H,8H2,(H,17,18). The largest absolute Gasteiger partial charge is 0.333 e. The molecule has 1 N–H and O–H groups in total. The third kappa shape index (κ3) is 3.59. The van der Waals surface area contributed by atoms with E-state index in [1.807, 2.05) is 12.1 Å². The molecule has 0 fully saturated rings. The maximum atomic E-state index is 12.1. The van der Waals surface area contributed by atoms with E-state index in [4.69, 9.17) is 0 Å². The number of aromatic nitrogens is 2. The fraction of sp³-hybridized carbons (Fsp3) is 0.0667. The molecule has 6 nitrogen and oxygen atoms in total. The minimum absolute atomic E-state index is 0.00337. The van der Waals surface area contributed by atoms with E-state index in [1.165, 1.54) is 23.9 Å². The molecule has 8 heteroatoms. The van der Waals surface area contributed by atoms with Gasteiger partial charge in [0.05, 0.1) is 21.7 Å². The zero-order chi connectivity index (χ0) is 16.4. The number of carbonyl (C=O) groups is 1. The Balaban J connectivity index is 1.72. The summed E-state index contributed by atoms with van der Waals surface area (Å²) < 4.78 is 0.917. The molecule has 2 aromatic carbocycles. The monoisotopic (exact) mass is 391 g/mol. The number of ketones is 1. The SMILES string of the molecule is O=C(CSc1nc2ccc([N+](=O)[O-])cc2[nH]1)c1ccc(Br)cc1. The van der Waals surface area contributed by atoms with Gasteiger partial charge < -0.3 is 4.98 Å². The van der Waals surface area contributed by atoms with Crippen molar-refractivity contribution in [3.63, 3.8) is 0 Å². The van der Waals surface area contributed by atoms with Crippen LogP contribution in [0.3, 0.4) is 0 Å². The summed E-state index contributed by atoms with van der Waals surface area (Å²) in [5.41, 5.74) is 1.85. The molecule has 0 aliphatic heterocycles. The smallest absolute Gasteiger partial charge is 0.271 e. The van der Waals surface area contributed by atoms with E-state index in [0.29, 0.717) is 21.8 Å². The highest BCUT2D eigenvalue weighted by atomic mass is 79.9. The number of imidazole rings is 1. The number of hydrogen-bond donors (Lipinski definition) is 1. The van der Waals surface area contributed by atoms with Crippen molar-refractivity contribution in [1.29, 1.82) is 0 Å². The molecule has 1 aromatic heterocycles. The summed E-state index contributed by atoms with van der Waals surface area (Å²) in [5, 5.41) is 11.3. The highest BCUT2D eigenvalue weighted by Gasteiger charge is 2.12. The second kappa shape index (κ2) is 6.51. The van der Waals surface area contributed by atoms with Crippen LogP contribution in [0.15, 0.2) is 52.1 Å². The Bertz CT molecular complexity index is 893. The molecule has 1 heterocycles. The average Bonchev–Trinajstić information content (AvgIpc) is 2.95. The van der Waals surface area contributed by atoms with Gasteiger partial charge in [-0.25, -0.2) is 4.98 Å². The van der Waals surface area contributed by atoms with E-state index >= 15 is 0 Å². The van der Waals surface area contributed by atoms with E-state index in [-0.39, 0.29) is 17.2 Å². The molecule has 0 saturated heterocycles. The molecule has 0 bridgehead atoms. The highest BCUT2D eigenvalue weighted by molar-refractivity contribution is 9.10. The molecule has 0 unspecified atom stereocenters. The maximum absolute atomic E-state index is 12.1. The summed E-state index contributed by atoms with van der Waals surface area (Å²) in [6, 6.07) is 11.6. The van der Waals surface area contributed by atoms with Crippen molar-refractivity contribution in [1.82, 2.24) is 9.97 Å². The lowest BCUT2D eigenvalue weighted by atomic mass is 10.2. The Labute approximate surface area is 143 Å². The predicted octanol–water partition coefficient (Wildman–Crippen LogP) is 4.21. The van der Waals surface area contributed by atoms with Crippen molar-refractivity contribution in [3.8, 4) is 0 Å². The van der Waals surface area contributed by atoms with Gasteiger partial charge in [-0.1, -0.05) is 39.8 Å². The lowest BCUT2D eigenvalue weighted by Crippen LogP contribution is -2.02. The van der Waals surface area contributed by atoms with Crippen LogP contribution in [0.1, 0.15) is 10.4 Å². The minimum atomic E-state index is -0.454. The van der Waals surface area contributed by atoms with E-state index in [9.17, 15) is 14.9 Å². The lowest BCUT2D eigenvalue weighted by molar-refractivity contribution is -0.384. The van der Waals surface area contributed by atoms with Crippen molar-refractivity contribution >= 4 is 50.2 Å². The first kappa shape index (κ1) is 15.7. The molecule has 3 rings (SSSR count). The van der Waals surface area contributed by atoms with Crippen LogP contribution in [0.5, 0.6) is 0 Å². The van der Waals surface area contributed by atoms with Gasteiger partial charge in [-0.3, -0.25) is 14.9 Å². The number of nitrogens with zero attached hydrogens (tertiary/aromatic N) is 2. The molecular weight excluding hydrogens is 382 g/mol. The summed E-state index contributed by atoms with van der Waals surface area (Å²) in [6.45, 7) is 0. The third-order valence-corrected chi connectivity index (χ3v) is 4.56. The number of non-ortho nitro benzene ring substituents is 1. The number of hydrogen-bond acceptors (Lipinski definition) is 5. The third-order valence-electron chi connectivity index (χ3n) is 3.16. The van der Waals surface area contributed by atoms with Crippen LogP contribution in [0, 0.1) is 10.1 Å². The van der Waals surface area contributed by atoms with Gasteiger partial charge >= 0.3 is 0 Å². The first-order valence-corrected chi connectivity index (χ1v) is 8.36. The van der Waals surface area contributed by atoms with Crippen LogP contribution in [-0.2, 0) is 0 Å². The molecule has 0 radical (unpaired) electrons. The summed E-state index contributed by atoms with van der Waals surface area (Å²) in [5.74, 6) is 0.234. The van der Waals surface area contributed by atoms with Crippen molar-refractivity contribution in [2.45, 2.75) is 5.16 Å². The molecule has 0 atom stereocenters. The number of halogens is 1. The molecule has 0 aliphatic rings. The molecule has 0 amide bonds. The quantitative estimate of drug-likeness (QED) is 0.304. The number of carbonyl (C=O) groups excluding carboxylic acids is 1. The van der Waals surface area contributed by atoms with Gasteiger partial charge in [0.25, 0.3) is 5.69 Å². The summed E-state index contributed by atoms with van der Waals surface area (Å²) in [7, 11) is 0. The van der Waals surface area contributed by atoms with Gasteiger partial charge in [-0.05, 0) is 18.2 Å². The number of thioether (sulfide) groups is 1. The van der Waals surface area contributed by atoms with Gasteiger partial charge in [0, 0.05) is 22.2 Å². The van der Waals surface area contributed by atoms with E-state index in [2.05, 4.69) is 25.9 Å². The van der Waals surface area contributed by atoms with Crippen LogP contribution in [-0.4, -0.2) is 26.4 Å². The van der Waals surface area contributed by atoms with Crippen LogP contribution < -0.4 is 0 Å². The number of benzene rings is 2. The first-order chi connectivity index (χ1) is 11.0. The number of rotatable bonds is 5. The number of H-pyrrole nitrogens is 1. The summed E-state index contributed by atoms with van der Waals surface area (Å²) in [6.07, 6.45) is 0. The van der Waals surface area contributed by atoms with Crippen LogP contribution in [0.2, 0.25) is 0 Å². The molecule has 23 heavy (non-hydrogen) atoms. The van der Waals surface area contributed by atoms with Crippen LogP contribution in [0.4, 0.5) is 5.69 Å². The molecule has 0 aliphatic carbocycles. The Morgan fingerprint density at radius 3 is 2.70 bits per heavy atom. The number of fused-ring (bicyclic) bond motifs is 1. The van der Waals surface area contributed by atoms with Crippen LogP contribution >= 0.6 is 27.7 Å². The Morgan fingerprint density at radius 2 is 2.00 bits per heavy atom. The fourth-order valence-electron chi connectivity index (χ4n) is 2.01. The number of nitrogens with one attached hydrogen (secondary N) is 1. The predicted molar refractivity (Wildman–Crippen MR) is 91.9 cm³/mol. The van der Waals surface area contributed by atoms with Gasteiger partial charge in [-0.15, -0.1) is 0 Å². The number of nitro benzene ring substituents is 1. The van der Waals surface area contributed by atoms with Crippen molar-refractivity contribution in [3.05, 3.63) is 62.6 Å². The lowest BCUT2D eigenvalue weighted by Gasteiger charge is -1.99.